The smallest absolute Gasteiger partial charge is 0.224 e. The van der Waals surface area contributed by atoms with Gasteiger partial charge in [-0.25, -0.2) is 9.97 Å². The fourth-order valence-corrected chi connectivity index (χ4v) is 3.44. The molecule has 28 heavy (non-hydrogen) atoms. The van der Waals surface area contributed by atoms with Crippen LogP contribution < -0.4 is 20.3 Å². The number of anilines is 2. The third-order valence-electron chi connectivity index (χ3n) is 4.83. The van der Waals surface area contributed by atoms with Crippen LogP contribution in [0.1, 0.15) is 29.8 Å². The first-order chi connectivity index (χ1) is 13.5. The molecule has 1 fully saturated rings. The zero-order valence-electron chi connectivity index (χ0n) is 16.9. The number of carbonyl (C=O) groups is 1. The lowest BCUT2D eigenvalue weighted by molar-refractivity contribution is -0.120. The van der Waals surface area contributed by atoms with E-state index in [1.807, 2.05) is 38.1 Å². The zero-order valence-corrected chi connectivity index (χ0v) is 16.9. The van der Waals surface area contributed by atoms with Crippen LogP contribution in [0.3, 0.4) is 0 Å². The monoisotopic (exact) mass is 383 g/mol. The number of amides is 1. The second-order valence-corrected chi connectivity index (χ2v) is 7.11. The van der Waals surface area contributed by atoms with E-state index in [0.29, 0.717) is 19.5 Å². The van der Waals surface area contributed by atoms with Gasteiger partial charge in [0.15, 0.2) is 0 Å². The zero-order chi connectivity index (χ0) is 19.9. The largest absolute Gasteiger partial charge is 0.496 e. The summed E-state index contributed by atoms with van der Waals surface area (Å²) in [6.45, 7) is 7.14. The van der Waals surface area contributed by atoms with E-state index < -0.39 is 0 Å². The molecule has 1 amide bonds. The Labute approximate surface area is 166 Å². The number of aryl methyl sites for hydroxylation is 2. The van der Waals surface area contributed by atoms with E-state index in [1.54, 1.807) is 7.11 Å². The van der Waals surface area contributed by atoms with Gasteiger partial charge >= 0.3 is 0 Å². The maximum Gasteiger partial charge on any atom is 0.224 e. The summed E-state index contributed by atoms with van der Waals surface area (Å²) in [4.78, 5) is 23.4. The lowest BCUT2D eigenvalue weighted by Crippen LogP contribution is -2.30. The van der Waals surface area contributed by atoms with Crippen LogP contribution in [0.4, 0.5) is 11.6 Å². The van der Waals surface area contributed by atoms with Crippen LogP contribution in [0.2, 0.25) is 0 Å². The van der Waals surface area contributed by atoms with Gasteiger partial charge in [-0.1, -0.05) is 12.1 Å². The number of ether oxygens (including phenoxy) is 1. The highest BCUT2D eigenvalue weighted by molar-refractivity contribution is 5.78. The fraction of sp³-hybridized carbons (Fsp3) is 0.476. The van der Waals surface area contributed by atoms with E-state index >= 15 is 0 Å². The third kappa shape index (κ3) is 5.34. The SMILES string of the molecule is COc1ccc(CC(=O)NCCNc2cc(N3CCCC3)nc(C)n2)cc1C. The summed E-state index contributed by atoms with van der Waals surface area (Å²) < 4.78 is 5.25. The molecule has 7 heteroatoms. The number of benzene rings is 1. The Morgan fingerprint density at radius 3 is 2.64 bits per heavy atom. The molecule has 1 aromatic carbocycles. The van der Waals surface area contributed by atoms with E-state index in [1.165, 1.54) is 12.8 Å². The molecule has 7 nitrogen and oxygen atoms in total. The van der Waals surface area contributed by atoms with Crippen LogP contribution in [0.25, 0.3) is 0 Å². The predicted octanol–water partition coefficient (Wildman–Crippen LogP) is 2.47. The molecule has 1 aliphatic rings. The van der Waals surface area contributed by atoms with Crippen molar-refractivity contribution in [3.63, 3.8) is 0 Å². The van der Waals surface area contributed by atoms with Gasteiger partial charge in [-0.2, -0.15) is 0 Å². The summed E-state index contributed by atoms with van der Waals surface area (Å²) in [7, 11) is 1.65. The number of nitrogens with zero attached hydrogens (tertiary/aromatic N) is 3. The number of nitrogens with one attached hydrogen (secondary N) is 2. The van der Waals surface area contributed by atoms with E-state index in [2.05, 4.69) is 25.5 Å². The van der Waals surface area contributed by atoms with E-state index in [-0.39, 0.29) is 5.91 Å². The van der Waals surface area contributed by atoms with Gasteiger partial charge in [0, 0.05) is 32.2 Å². The molecule has 0 saturated carbocycles. The minimum atomic E-state index is 0.00277. The van der Waals surface area contributed by atoms with Crippen molar-refractivity contribution in [1.82, 2.24) is 15.3 Å². The van der Waals surface area contributed by atoms with Crippen LogP contribution in [0, 0.1) is 13.8 Å². The maximum absolute atomic E-state index is 12.2. The molecule has 1 saturated heterocycles. The van der Waals surface area contributed by atoms with Gasteiger partial charge in [0.05, 0.1) is 13.5 Å². The van der Waals surface area contributed by atoms with Crippen LogP contribution in [-0.2, 0) is 11.2 Å². The number of hydrogen-bond acceptors (Lipinski definition) is 6. The number of aromatic nitrogens is 2. The van der Waals surface area contributed by atoms with Crippen molar-refractivity contribution in [2.45, 2.75) is 33.1 Å². The Hall–Kier alpha value is -2.83. The molecule has 1 aliphatic heterocycles. The molecule has 0 unspecified atom stereocenters. The van der Waals surface area contributed by atoms with Gasteiger partial charge in [0.25, 0.3) is 0 Å². The minimum Gasteiger partial charge on any atom is -0.496 e. The predicted molar refractivity (Wildman–Crippen MR) is 111 cm³/mol. The van der Waals surface area contributed by atoms with Crippen molar-refractivity contribution in [2.75, 3.05) is 43.5 Å². The molecule has 3 rings (SSSR count). The Bertz CT molecular complexity index is 818. The highest BCUT2D eigenvalue weighted by Gasteiger charge is 2.15. The topological polar surface area (TPSA) is 79.4 Å². The molecule has 150 valence electrons. The van der Waals surface area contributed by atoms with Gasteiger partial charge in [-0.05, 0) is 43.9 Å². The van der Waals surface area contributed by atoms with Crippen LogP contribution in [-0.4, -0.2) is 49.2 Å². The Balaban J connectivity index is 1.45. The quantitative estimate of drug-likeness (QED) is 0.682. The highest BCUT2D eigenvalue weighted by Crippen LogP contribution is 2.20. The number of rotatable bonds is 8. The molecule has 2 aromatic rings. The Morgan fingerprint density at radius 1 is 1.14 bits per heavy atom. The molecule has 1 aromatic heterocycles. The highest BCUT2D eigenvalue weighted by atomic mass is 16.5. The average molecular weight is 383 g/mol. The second-order valence-electron chi connectivity index (χ2n) is 7.11. The summed E-state index contributed by atoms with van der Waals surface area (Å²) >= 11 is 0. The van der Waals surface area contributed by atoms with Crippen molar-refractivity contribution < 1.29 is 9.53 Å². The van der Waals surface area contributed by atoms with Crippen molar-refractivity contribution in [3.05, 3.63) is 41.2 Å². The summed E-state index contributed by atoms with van der Waals surface area (Å²) in [6, 6.07) is 7.79. The maximum atomic E-state index is 12.2. The molecule has 2 N–H and O–H groups in total. The third-order valence-corrected chi connectivity index (χ3v) is 4.83. The van der Waals surface area contributed by atoms with Gasteiger partial charge in [-0.15, -0.1) is 0 Å². The average Bonchev–Trinajstić information content (AvgIpc) is 3.20. The molecule has 0 spiro atoms. The second kappa shape index (κ2) is 9.39. The number of methoxy groups -OCH3 is 1. The summed E-state index contributed by atoms with van der Waals surface area (Å²) in [5.74, 6) is 3.37. The summed E-state index contributed by atoms with van der Waals surface area (Å²) in [6.07, 6.45) is 2.79. The first-order valence-electron chi connectivity index (χ1n) is 9.80. The van der Waals surface area contributed by atoms with Crippen molar-refractivity contribution in [1.29, 1.82) is 0 Å². The molecule has 0 bridgehead atoms. The van der Waals surface area contributed by atoms with E-state index in [0.717, 1.165) is 47.4 Å². The van der Waals surface area contributed by atoms with E-state index in [9.17, 15) is 4.79 Å². The molecular weight excluding hydrogens is 354 g/mol. The molecule has 0 radical (unpaired) electrons. The standard InChI is InChI=1S/C21H29N5O2/c1-15-12-17(6-7-18(15)28-3)13-21(27)23-9-8-22-19-14-20(25-16(2)24-19)26-10-4-5-11-26/h6-7,12,14H,4-5,8-11,13H2,1-3H3,(H,23,27)(H,22,24,25). The summed E-state index contributed by atoms with van der Waals surface area (Å²) in [5, 5.41) is 6.23. The van der Waals surface area contributed by atoms with Crippen molar-refractivity contribution in [2.24, 2.45) is 0 Å². The Kier molecular flexibility index (Phi) is 6.68. The Morgan fingerprint density at radius 2 is 1.93 bits per heavy atom. The molecule has 0 aliphatic carbocycles. The van der Waals surface area contributed by atoms with Gasteiger partial charge in [-0.3, -0.25) is 4.79 Å². The lowest BCUT2D eigenvalue weighted by atomic mass is 10.1. The minimum absolute atomic E-state index is 0.00277. The fourth-order valence-electron chi connectivity index (χ4n) is 3.44. The van der Waals surface area contributed by atoms with E-state index in [4.69, 9.17) is 4.74 Å². The molecule has 0 atom stereocenters. The summed E-state index contributed by atoms with van der Waals surface area (Å²) in [5.41, 5.74) is 2.01. The molecule has 2 heterocycles. The van der Waals surface area contributed by atoms with Gasteiger partial charge < -0.3 is 20.3 Å². The van der Waals surface area contributed by atoms with Crippen LogP contribution in [0.15, 0.2) is 24.3 Å². The van der Waals surface area contributed by atoms with Crippen LogP contribution >= 0.6 is 0 Å². The molecular formula is C21H29N5O2. The van der Waals surface area contributed by atoms with Crippen LogP contribution in [0.5, 0.6) is 5.75 Å². The van der Waals surface area contributed by atoms with Crippen molar-refractivity contribution in [3.8, 4) is 5.75 Å². The number of carbonyl (C=O) groups excluding carboxylic acids is 1. The van der Waals surface area contributed by atoms with Gasteiger partial charge in [0.1, 0.15) is 23.2 Å². The first kappa shape index (κ1) is 19.9. The van der Waals surface area contributed by atoms with Gasteiger partial charge in [0.2, 0.25) is 5.91 Å². The lowest BCUT2D eigenvalue weighted by Gasteiger charge is -2.17. The number of hydrogen-bond donors (Lipinski definition) is 2. The normalized spacial score (nSPS) is 13.5. The first-order valence-corrected chi connectivity index (χ1v) is 9.80. The van der Waals surface area contributed by atoms with Crippen molar-refractivity contribution >= 4 is 17.5 Å².